The number of hydrogen-bond donors (Lipinski definition) is 2. The topological polar surface area (TPSA) is 80.9 Å². The van der Waals surface area contributed by atoms with Crippen LogP contribution in [-0.2, 0) is 0 Å². The molecule has 0 fully saturated rings. The first-order valence-electron chi connectivity index (χ1n) is 10.3. The molecule has 0 saturated heterocycles. The van der Waals surface area contributed by atoms with Crippen LogP contribution in [0.1, 0.15) is 22.8 Å². The van der Waals surface area contributed by atoms with Gasteiger partial charge in [0.05, 0.1) is 25.0 Å². The summed E-state index contributed by atoms with van der Waals surface area (Å²) in [5.74, 6) is -0.125. The van der Waals surface area contributed by atoms with Crippen LogP contribution in [0.5, 0.6) is 23.1 Å². The van der Waals surface area contributed by atoms with Gasteiger partial charge in [0, 0.05) is 16.3 Å². The van der Waals surface area contributed by atoms with Gasteiger partial charge >= 0.3 is 0 Å². The fourth-order valence-corrected chi connectivity index (χ4v) is 3.77. The van der Waals surface area contributed by atoms with Gasteiger partial charge in [-0.2, -0.15) is 0 Å². The smallest absolute Gasteiger partial charge is 0.240 e. The maximum Gasteiger partial charge on any atom is 0.240 e. The lowest BCUT2D eigenvalue weighted by molar-refractivity contribution is 0.103. The molecule has 6 nitrogen and oxygen atoms in total. The maximum atomic E-state index is 13.5. The molecule has 0 bridgehead atoms. The van der Waals surface area contributed by atoms with Crippen LogP contribution in [0.3, 0.4) is 0 Å². The molecule has 0 atom stereocenters. The molecule has 1 heterocycles. The Kier molecular flexibility index (Phi) is 6.29. The second-order valence-corrected chi connectivity index (χ2v) is 7.66. The van der Waals surface area contributed by atoms with Crippen LogP contribution in [0, 0.1) is 0 Å². The summed E-state index contributed by atoms with van der Waals surface area (Å²) in [4.78, 5) is 13.5. The zero-order valence-corrected chi connectivity index (χ0v) is 18.8. The zero-order valence-electron chi connectivity index (χ0n) is 18.1. The molecular formula is C26H22ClNO5. The molecule has 3 aromatic carbocycles. The third-order valence-electron chi connectivity index (χ3n) is 5.22. The Morgan fingerprint density at radius 1 is 0.909 bits per heavy atom. The van der Waals surface area contributed by atoms with Gasteiger partial charge in [-0.05, 0) is 73.2 Å². The largest absolute Gasteiger partial charge is 0.503 e. The van der Waals surface area contributed by atoms with E-state index in [1.165, 1.54) is 4.57 Å². The molecule has 4 aromatic rings. The van der Waals surface area contributed by atoms with Crippen molar-refractivity contribution in [3.8, 4) is 40.1 Å². The minimum Gasteiger partial charge on any atom is -0.503 e. The summed E-state index contributed by atoms with van der Waals surface area (Å²) in [5, 5.41) is 22.3. The van der Waals surface area contributed by atoms with Crippen LogP contribution >= 0.6 is 11.6 Å². The molecule has 0 saturated carbocycles. The van der Waals surface area contributed by atoms with Gasteiger partial charge in [-0.3, -0.25) is 9.36 Å². The van der Waals surface area contributed by atoms with E-state index in [2.05, 4.69) is 0 Å². The van der Waals surface area contributed by atoms with Crippen LogP contribution in [0.15, 0.2) is 72.8 Å². The lowest BCUT2D eigenvalue weighted by Gasteiger charge is -2.13. The average molecular weight is 464 g/mol. The minimum atomic E-state index is -0.505. The van der Waals surface area contributed by atoms with Crippen LogP contribution < -0.4 is 9.47 Å². The molecule has 0 aliphatic carbocycles. The summed E-state index contributed by atoms with van der Waals surface area (Å²) in [7, 11) is 1.56. The molecular weight excluding hydrogens is 442 g/mol. The number of benzene rings is 3. The molecule has 0 radical (unpaired) electrons. The third kappa shape index (κ3) is 4.25. The predicted molar refractivity (Wildman–Crippen MR) is 127 cm³/mol. The molecule has 0 spiro atoms. The number of hydrogen-bond acceptors (Lipinski definition) is 5. The highest BCUT2D eigenvalue weighted by Crippen LogP contribution is 2.44. The number of halogens is 1. The van der Waals surface area contributed by atoms with Gasteiger partial charge in [0.15, 0.2) is 11.5 Å². The summed E-state index contributed by atoms with van der Waals surface area (Å²) >= 11 is 6.07. The van der Waals surface area contributed by atoms with Crippen molar-refractivity contribution in [3.05, 3.63) is 88.9 Å². The predicted octanol–water partition coefficient (Wildman–Crippen LogP) is 5.85. The van der Waals surface area contributed by atoms with Gasteiger partial charge < -0.3 is 19.7 Å². The first kappa shape index (κ1) is 22.3. The van der Waals surface area contributed by atoms with Crippen LogP contribution in [0.25, 0.3) is 16.9 Å². The fourth-order valence-electron chi connectivity index (χ4n) is 3.64. The highest BCUT2D eigenvalue weighted by Gasteiger charge is 2.29. The molecule has 0 amide bonds. The molecule has 168 valence electrons. The average Bonchev–Trinajstić information content (AvgIpc) is 3.10. The molecule has 33 heavy (non-hydrogen) atoms. The second-order valence-electron chi connectivity index (χ2n) is 7.22. The first-order valence-corrected chi connectivity index (χ1v) is 10.7. The van der Waals surface area contributed by atoms with E-state index in [1.807, 2.05) is 6.92 Å². The molecule has 7 heteroatoms. The van der Waals surface area contributed by atoms with E-state index in [1.54, 1.807) is 79.9 Å². The summed E-state index contributed by atoms with van der Waals surface area (Å²) in [6.07, 6.45) is 0. The minimum absolute atomic E-state index is 0.0187. The Morgan fingerprint density at radius 3 is 2.09 bits per heavy atom. The number of ether oxygens (including phenoxy) is 2. The van der Waals surface area contributed by atoms with Crippen LogP contribution in [-0.4, -0.2) is 34.3 Å². The molecule has 1 aromatic heterocycles. The number of rotatable bonds is 7. The van der Waals surface area contributed by atoms with E-state index < -0.39 is 17.4 Å². The van der Waals surface area contributed by atoms with Crippen molar-refractivity contribution in [2.45, 2.75) is 6.92 Å². The fraction of sp³-hybridized carbons (Fsp3) is 0.115. The van der Waals surface area contributed by atoms with Crippen molar-refractivity contribution in [1.29, 1.82) is 0 Å². The van der Waals surface area contributed by atoms with Crippen molar-refractivity contribution >= 4 is 17.4 Å². The third-order valence-corrected chi connectivity index (χ3v) is 5.48. The Balaban J connectivity index is 1.92. The summed E-state index contributed by atoms with van der Waals surface area (Å²) in [5.41, 5.74) is 1.80. The summed E-state index contributed by atoms with van der Waals surface area (Å²) < 4.78 is 12.1. The highest BCUT2D eigenvalue weighted by molar-refractivity contribution is 6.30. The number of carbonyl (C=O) groups is 1. The van der Waals surface area contributed by atoms with Gasteiger partial charge in [0.2, 0.25) is 5.88 Å². The lowest BCUT2D eigenvalue weighted by atomic mass is 9.99. The number of carbonyl (C=O) groups excluding carboxylic acids is 1. The van der Waals surface area contributed by atoms with Gasteiger partial charge in [0.1, 0.15) is 11.5 Å². The van der Waals surface area contributed by atoms with E-state index in [0.29, 0.717) is 45.6 Å². The number of methoxy groups -OCH3 is 1. The lowest BCUT2D eigenvalue weighted by Crippen LogP contribution is -2.05. The molecule has 2 N–H and O–H groups in total. The Morgan fingerprint density at radius 2 is 1.52 bits per heavy atom. The van der Waals surface area contributed by atoms with Crippen molar-refractivity contribution in [2.24, 2.45) is 0 Å². The first-order chi connectivity index (χ1) is 15.9. The Labute approximate surface area is 196 Å². The molecule has 4 rings (SSSR count). The number of aromatic nitrogens is 1. The number of nitrogens with zero attached hydrogens (tertiary/aromatic N) is 1. The number of aromatic hydroxyl groups is 2. The van der Waals surface area contributed by atoms with E-state index in [-0.39, 0.29) is 5.56 Å². The van der Waals surface area contributed by atoms with E-state index in [4.69, 9.17) is 21.1 Å². The van der Waals surface area contributed by atoms with Crippen molar-refractivity contribution in [1.82, 2.24) is 4.57 Å². The van der Waals surface area contributed by atoms with Crippen LogP contribution in [0.4, 0.5) is 0 Å². The summed E-state index contributed by atoms with van der Waals surface area (Å²) in [6, 6.07) is 20.4. The van der Waals surface area contributed by atoms with E-state index in [0.717, 1.165) is 0 Å². The normalized spacial score (nSPS) is 10.8. The van der Waals surface area contributed by atoms with Gasteiger partial charge in [-0.1, -0.05) is 23.7 Å². The van der Waals surface area contributed by atoms with Crippen molar-refractivity contribution in [2.75, 3.05) is 13.7 Å². The quantitative estimate of drug-likeness (QED) is 0.336. The van der Waals surface area contributed by atoms with Gasteiger partial charge in [-0.25, -0.2) is 0 Å². The second kappa shape index (κ2) is 9.30. The SMILES string of the molecule is CCOc1ccc(C(=O)c2c(O)c(O)n(-c3ccc(OC)cc3)c2-c2ccc(Cl)cc2)cc1. The zero-order chi connectivity index (χ0) is 23.5. The Bertz CT molecular complexity index is 1280. The maximum absolute atomic E-state index is 13.5. The van der Waals surface area contributed by atoms with Gasteiger partial charge in [0.25, 0.3) is 0 Å². The molecule has 0 aliphatic heterocycles. The van der Waals surface area contributed by atoms with Crippen molar-refractivity contribution < 1.29 is 24.5 Å². The Hall–Kier alpha value is -3.90. The van der Waals surface area contributed by atoms with Crippen LogP contribution in [0.2, 0.25) is 5.02 Å². The molecule has 0 unspecified atom stereocenters. The monoisotopic (exact) mass is 463 g/mol. The van der Waals surface area contributed by atoms with Crippen molar-refractivity contribution in [3.63, 3.8) is 0 Å². The highest BCUT2D eigenvalue weighted by atomic mass is 35.5. The molecule has 0 aliphatic rings. The summed E-state index contributed by atoms with van der Waals surface area (Å²) in [6.45, 7) is 2.38. The standard InChI is InChI=1S/C26H22ClNO5/c1-3-33-21-12-6-17(7-13-21)24(29)22-23(16-4-8-18(27)9-5-16)28(26(31)25(22)30)19-10-14-20(32-2)15-11-19/h4-15,30-31H,3H2,1-2H3. The van der Waals surface area contributed by atoms with E-state index in [9.17, 15) is 15.0 Å². The van der Waals surface area contributed by atoms with Gasteiger partial charge in [-0.15, -0.1) is 0 Å². The number of ketones is 1. The van der Waals surface area contributed by atoms with E-state index >= 15 is 0 Å².